The van der Waals surface area contributed by atoms with Gasteiger partial charge >= 0.3 is 11.7 Å². The largest absolute Gasteiger partial charge is 0.508 e. The number of nitrogens with one attached hydrogen (secondary N) is 4. The van der Waals surface area contributed by atoms with Gasteiger partial charge in [-0.15, -0.1) is 0 Å². The van der Waals surface area contributed by atoms with Crippen LogP contribution in [0, 0.1) is 5.92 Å². The highest BCUT2D eigenvalue weighted by Gasteiger charge is 2.35. The van der Waals surface area contributed by atoms with Gasteiger partial charge in [-0.05, 0) is 93.1 Å². The number of aromatic nitrogens is 4. The molecule has 3 aliphatic heterocycles. The maximum absolute atomic E-state index is 14.2. The van der Waals surface area contributed by atoms with Crippen molar-refractivity contribution in [2.24, 2.45) is 5.92 Å². The summed E-state index contributed by atoms with van der Waals surface area (Å²) >= 11 is 0. The predicted molar refractivity (Wildman–Crippen MR) is 199 cm³/mol. The highest BCUT2D eigenvalue weighted by molar-refractivity contribution is 5.92. The second kappa shape index (κ2) is 16.5. The van der Waals surface area contributed by atoms with Crippen LogP contribution < -0.4 is 26.5 Å². The summed E-state index contributed by atoms with van der Waals surface area (Å²) in [5.74, 6) is -0.161. The van der Waals surface area contributed by atoms with E-state index >= 15 is 0 Å². The number of imidazole rings is 1. The number of fused-ring (bicyclic) bond motifs is 1. The van der Waals surface area contributed by atoms with Crippen molar-refractivity contribution in [2.75, 3.05) is 57.3 Å². The van der Waals surface area contributed by atoms with Crippen molar-refractivity contribution in [2.45, 2.75) is 56.7 Å². The first-order chi connectivity index (χ1) is 25.8. The number of anilines is 1. The lowest BCUT2D eigenvalue weighted by atomic mass is 9.90. The number of phenolic OH excluding ortho intramolecular Hbond substituents is 1. The van der Waals surface area contributed by atoms with Crippen molar-refractivity contribution in [3.63, 3.8) is 0 Å². The van der Waals surface area contributed by atoms with Crippen LogP contribution in [-0.4, -0.2) is 117 Å². The van der Waals surface area contributed by atoms with E-state index in [-0.39, 0.29) is 41.8 Å². The number of hydrogen-bond donors (Lipinski definition) is 5. The number of pyridine rings is 2. The number of piperidine rings is 2. The molecule has 0 spiro atoms. The van der Waals surface area contributed by atoms with Crippen LogP contribution in [0.1, 0.15) is 43.7 Å². The Balaban J connectivity index is 1.04. The third kappa shape index (κ3) is 8.62. The quantitative estimate of drug-likeness (QED) is 0.164. The second-order valence-electron chi connectivity index (χ2n) is 14.3. The number of carbonyl (C=O) groups is 3. The molecule has 280 valence electrons. The predicted octanol–water partition coefficient (Wildman–Crippen LogP) is 2.01. The molecule has 0 unspecified atom stereocenters. The number of hydrogen-bond acceptors (Lipinski definition) is 9. The maximum atomic E-state index is 14.2. The summed E-state index contributed by atoms with van der Waals surface area (Å²) in [4.78, 5) is 71.9. The highest BCUT2D eigenvalue weighted by Crippen LogP contribution is 2.25. The van der Waals surface area contributed by atoms with Gasteiger partial charge < -0.3 is 35.8 Å². The summed E-state index contributed by atoms with van der Waals surface area (Å²) in [6, 6.07) is 11.9. The molecule has 53 heavy (non-hydrogen) atoms. The molecule has 0 radical (unpaired) electrons. The number of rotatable bonds is 10. The normalized spacial score (nSPS) is 18.5. The Kier molecular flexibility index (Phi) is 11.2. The molecule has 3 aromatic heterocycles. The first-order valence-corrected chi connectivity index (χ1v) is 18.7. The van der Waals surface area contributed by atoms with E-state index in [1.807, 2.05) is 23.1 Å². The fraction of sp³-hybridized carbons (Fsp3) is 0.474. The molecule has 3 saturated heterocycles. The van der Waals surface area contributed by atoms with Gasteiger partial charge in [0.15, 0.2) is 5.65 Å². The molecule has 0 aliphatic carbocycles. The number of H-pyrrole nitrogens is 1. The molecular formula is C38H48N10O5. The minimum absolute atomic E-state index is 0.100. The van der Waals surface area contributed by atoms with Gasteiger partial charge in [0.2, 0.25) is 11.8 Å². The zero-order valence-electron chi connectivity index (χ0n) is 29.8. The first-order valence-electron chi connectivity index (χ1n) is 18.7. The van der Waals surface area contributed by atoms with E-state index in [1.165, 1.54) is 0 Å². The van der Waals surface area contributed by atoms with Crippen LogP contribution in [0.5, 0.6) is 5.75 Å². The standard InChI is InChI=1S/C38H48N10O5/c49-30-5-3-26(4-6-30)24-31(43-37(52)47-18-11-29(12-19-47)48-33-2-1-13-41-34(33)44-38(48)53)35(50)42-32(25-27-7-14-39-15-8-27)36(51)46-22-20-45(21-23-46)28-9-16-40-17-10-28/h1-6,9-10,13,16-17,27,29,31-32,39,49H,7-8,11-12,14-15,18-25H2,(H,42,50)(H,43,52)(H,41,44,53)/t31-,32+/m1/s1. The average Bonchev–Trinajstić information content (AvgIpc) is 3.54. The number of amides is 4. The fourth-order valence-corrected chi connectivity index (χ4v) is 7.87. The number of aromatic amines is 1. The highest BCUT2D eigenvalue weighted by atomic mass is 16.3. The topological polar surface area (TPSA) is 181 Å². The van der Waals surface area contributed by atoms with Crippen LogP contribution in [-0.2, 0) is 16.0 Å². The van der Waals surface area contributed by atoms with Crippen molar-refractivity contribution >= 4 is 34.7 Å². The Hall–Kier alpha value is -5.44. The van der Waals surface area contributed by atoms with E-state index in [2.05, 4.69) is 35.8 Å². The van der Waals surface area contributed by atoms with E-state index in [9.17, 15) is 24.3 Å². The molecule has 15 heteroatoms. The molecular weight excluding hydrogens is 676 g/mol. The minimum Gasteiger partial charge on any atom is -0.508 e. The van der Waals surface area contributed by atoms with Gasteiger partial charge in [0.25, 0.3) is 0 Å². The summed E-state index contributed by atoms with van der Waals surface area (Å²) in [5.41, 5.74) is 2.85. The van der Waals surface area contributed by atoms with E-state index in [0.29, 0.717) is 64.2 Å². The van der Waals surface area contributed by atoms with Gasteiger partial charge in [-0.1, -0.05) is 12.1 Å². The van der Waals surface area contributed by atoms with Crippen LogP contribution in [0.4, 0.5) is 10.5 Å². The van der Waals surface area contributed by atoms with Gasteiger partial charge in [-0.25, -0.2) is 14.6 Å². The molecule has 6 heterocycles. The molecule has 0 bridgehead atoms. The Labute approximate surface area is 307 Å². The number of carbonyl (C=O) groups excluding carboxylic acids is 3. The number of piperazine rings is 1. The average molecular weight is 725 g/mol. The number of benzene rings is 1. The van der Waals surface area contributed by atoms with Crippen LogP contribution in [0.2, 0.25) is 0 Å². The van der Waals surface area contributed by atoms with Crippen LogP contribution >= 0.6 is 0 Å². The maximum Gasteiger partial charge on any atom is 0.327 e. The lowest BCUT2D eigenvalue weighted by molar-refractivity contribution is -0.137. The summed E-state index contributed by atoms with van der Waals surface area (Å²) < 4.78 is 1.72. The second-order valence-corrected chi connectivity index (χ2v) is 14.3. The summed E-state index contributed by atoms with van der Waals surface area (Å²) in [6.45, 7) is 4.93. The van der Waals surface area contributed by atoms with Crippen molar-refractivity contribution in [3.8, 4) is 5.75 Å². The summed E-state index contributed by atoms with van der Waals surface area (Å²) in [6.07, 6.45) is 8.81. The van der Waals surface area contributed by atoms with Crippen LogP contribution in [0.3, 0.4) is 0 Å². The molecule has 5 N–H and O–H groups in total. The third-order valence-electron chi connectivity index (χ3n) is 10.9. The number of nitrogens with zero attached hydrogens (tertiary/aromatic N) is 6. The van der Waals surface area contributed by atoms with Crippen molar-refractivity contribution < 1.29 is 19.5 Å². The third-order valence-corrected chi connectivity index (χ3v) is 10.9. The molecule has 7 rings (SSSR count). The summed E-state index contributed by atoms with van der Waals surface area (Å²) in [5, 5.41) is 19.3. The van der Waals surface area contributed by atoms with E-state index in [4.69, 9.17) is 0 Å². The first kappa shape index (κ1) is 35.9. The Bertz CT molecular complexity index is 1910. The van der Waals surface area contributed by atoms with Crippen molar-refractivity contribution in [3.05, 3.63) is 83.2 Å². The summed E-state index contributed by atoms with van der Waals surface area (Å²) in [7, 11) is 0. The fourth-order valence-electron chi connectivity index (χ4n) is 7.87. The van der Waals surface area contributed by atoms with Gasteiger partial charge in [-0.2, -0.15) is 0 Å². The van der Waals surface area contributed by atoms with Gasteiger partial charge in [0.1, 0.15) is 17.8 Å². The molecule has 15 nitrogen and oxygen atoms in total. The SMILES string of the molecule is O=C(N[C@@H](CC1CCNCC1)C(=O)N1CCN(c2ccncc2)CC1)[C@@H](Cc1ccc(O)cc1)NC(=O)N1CCC(n2c(=O)[nH]c3ncccc32)CC1. The molecule has 3 fully saturated rings. The van der Waals surface area contributed by atoms with E-state index < -0.39 is 18.0 Å². The van der Waals surface area contributed by atoms with E-state index in [1.54, 1.807) is 58.4 Å². The van der Waals surface area contributed by atoms with Crippen molar-refractivity contribution in [1.82, 2.24) is 45.3 Å². The minimum atomic E-state index is -0.973. The number of aromatic hydroxyl groups is 1. The van der Waals surface area contributed by atoms with Crippen molar-refractivity contribution in [1.29, 1.82) is 0 Å². The molecule has 4 amide bonds. The van der Waals surface area contributed by atoms with Gasteiger partial charge in [0, 0.05) is 76.0 Å². The lowest BCUT2D eigenvalue weighted by Crippen LogP contribution is -2.59. The molecule has 0 saturated carbocycles. The Morgan fingerprint density at radius 1 is 0.830 bits per heavy atom. The van der Waals surface area contributed by atoms with Crippen LogP contribution in [0.15, 0.2) is 71.9 Å². The smallest absolute Gasteiger partial charge is 0.327 e. The molecule has 1 aromatic carbocycles. The Morgan fingerprint density at radius 3 is 2.26 bits per heavy atom. The van der Waals surface area contributed by atoms with Gasteiger partial charge in [0.05, 0.1) is 5.52 Å². The lowest BCUT2D eigenvalue weighted by Gasteiger charge is -2.38. The molecule has 4 aromatic rings. The molecule has 2 atom stereocenters. The molecule has 3 aliphatic rings. The zero-order valence-corrected chi connectivity index (χ0v) is 29.8. The zero-order chi connectivity index (χ0) is 36.7. The van der Waals surface area contributed by atoms with Gasteiger partial charge in [-0.3, -0.25) is 24.1 Å². The number of urea groups is 1. The van der Waals surface area contributed by atoms with E-state index in [0.717, 1.165) is 42.7 Å². The number of phenols is 1. The number of likely N-dealkylation sites (tertiary alicyclic amines) is 1. The Morgan fingerprint density at radius 2 is 1.55 bits per heavy atom. The monoisotopic (exact) mass is 724 g/mol. The van der Waals surface area contributed by atoms with Crippen LogP contribution in [0.25, 0.3) is 11.2 Å².